The fraction of sp³-hybridized carbons (Fsp3) is 0.545. The van der Waals surface area contributed by atoms with E-state index in [4.69, 9.17) is 4.74 Å². The first-order chi connectivity index (χ1) is 9.54. The molecule has 0 radical (unpaired) electrons. The van der Waals surface area contributed by atoms with E-state index in [-0.39, 0.29) is 23.9 Å². The highest BCUT2D eigenvalue weighted by molar-refractivity contribution is 5.77. The number of aromatic nitrogens is 2. The number of nitro groups is 1. The van der Waals surface area contributed by atoms with Crippen molar-refractivity contribution in [2.75, 3.05) is 32.2 Å². The van der Waals surface area contributed by atoms with Crippen LogP contribution in [0.2, 0.25) is 0 Å². The molecule has 110 valence electrons. The van der Waals surface area contributed by atoms with Crippen molar-refractivity contribution in [2.24, 2.45) is 0 Å². The van der Waals surface area contributed by atoms with Crippen LogP contribution in [-0.2, 0) is 9.53 Å². The van der Waals surface area contributed by atoms with Crippen LogP contribution in [0.5, 0.6) is 5.88 Å². The minimum atomic E-state index is -0.631. The highest BCUT2D eigenvalue weighted by Gasteiger charge is 2.28. The summed E-state index contributed by atoms with van der Waals surface area (Å²) < 4.78 is 9.45. The minimum absolute atomic E-state index is 0.0362. The number of esters is 1. The summed E-state index contributed by atoms with van der Waals surface area (Å²) >= 11 is 0. The summed E-state index contributed by atoms with van der Waals surface area (Å²) in [5.41, 5.74) is -0.368. The fourth-order valence-corrected chi connectivity index (χ4v) is 1.64. The Morgan fingerprint density at radius 1 is 1.45 bits per heavy atom. The lowest BCUT2D eigenvalue weighted by molar-refractivity contribution is -0.385. The molecule has 9 heteroatoms. The van der Waals surface area contributed by atoms with Crippen molar-refractivity contribution >= 4 is 17.5 Å². The average Bonchev–Trinajstić information content (AvgIpc) is 2.45. The topological polar surface area (TPSA) is 108 Å². The molecule has 0 atom stereocenters. The first kappa shape index (κ1) is 15.6. The van der Waals surface area contributed by atoms with E-state index in [2.05, 4.69) is 14.7 Å². The summed E-state index contributed by atoms with van der Waals surface area (Å²) in [4.78, 5) is 31.0. The molecule has 1 rings (SSSR count). The van der Waals surface area contributed by atoms with Crippen LogP contribution in [0.1, 0.15) is 13.3 Å². The maximum atomic E-state index is 11.4. The third-order valence-corrected chi connectivity index (χ3v) is 2.49. The van der Waals surface area contributed by atoms with Crippen LogP contribution in [0, 0.1) is 10.1 Å². The van der Waals surface area contributed by atoms with Crippen molar-refractivity contribution in [1.29, 1.82) is 0 Å². The molecule has 0 spiro atoms. The van der Waals surface area contributed by atoms with Crippen LogP contribution in [-0.4, -0.2) is 48.2 Å². The molecule has 1 aromatic heterocycles. The molecular formula is C11H16N4O5. The van der Waals surface area contributed by atoms with E-state index in [9.17, 15) is 14.9 Å². The van der Waals surface area contributed by atoms with E-state index >= 15 is 0 Å². The first-order valence-corrected chi connectivity index (χ1v) is 5.90. The van der Waals surface area contributed by atoms with Crippen molar-refractivity contribution in [3.63, 3.8) is 0 Å². The van der Waals surface area contributed by atoms with Gasteiger partial charge in [-0.15, -0.1) is 0 Å². The molecule has 20 heavy (non-hydrogen) atoms. The lowest BCUT2D eigenvalue weighted by atomic mass is 10.3. The zero-order chi connectivity index (χ0) is 15.1. The van der Waals surface area contributed by atoms with Crippen LogP contribution in [0.3, 0.4) is 0 Å². The number of nitrogens with zero attached hydrogens (tertiary/aromatic N) is 4. The fourth-order valence-electron chi connectivity index (χ4n) is 1.64. The Morgan fingerprint density at radius 3 is 2.65 bits per heavy atom. The summed E-state index contributed by atoms with van der Waals surface area (Å²) in [5.74, 6) is -0.620. The number of ether oxygens (including phenoxy) is 2. The molecule has 0 aromatic carbocycles. The Labute approximate surface area is 115 Å². The predicted molar refractivity (Wildman–Crippen MR) is 69.8 cm³/mol. The van der Waals surface area contributed by atoms with Gasteiger partial charge in [-0.2, -0.15) is 4.98 Å². The van der Waals surface area contributed by atoms with Gasteiger partial charge < -0.3 is 14.4 Å². The summed E-state index contributed by atoms with van der Waals surface area (Å²) in [6, 6.07) is 0. The van der Waals surface area contributed by atoms with Gasteiger partial charge in [0.05, 0.1) is 19.1 Å². The molecule has 0 unspecified atom stereocenters. The summed E-state index contributed by atoms with van der Waals surface area (Å²) in [7, 11) is 2.53. The monoisotopic (exact) mass is 284 g/mol. The second-order valence-corrected chi connectivity index (χ2v) is 3.81. The number of methoxy groups -OCH3 is 2. The van der Waals surface area contributed by atoms with Gasteiger partial charge in [-0.05, 0) is 6.42 Å². The van der Waals surface area contributed by atoms with Crippen LogP contribution < -0.4 is 9.64 Å². The predicted octanol–water partition coefficient (Wildman–Crippen LogP) is 0.783. The van der Waals surface area contributed by atoms with Crippen LogP contribution in [0.15, 0.2) is 6.33 Å². The number of hydrogen-bond donors (Lipinski definition) is 0. The Hall–Kier alpha value is -2.45. The second-order valence-electron chi connectivity index (χ2n) is 3.81. The van der Waals surface area contributed by atoms with Crippen LogP contribution in [0.4, 0.5) is 11.5 Å². The van der Waals surface area contributed by atoms with E-state index in [0.29, 0.717) is 13.0 Å². The number of carbonyl (C=O) groups is 1. The van der Waals surface area contributed by atoms with E-state index < -0.39 is 10.9 Å². The van der Waals surface area contributed by atoms with Crippen molar-refractivity contribution in [1.82, 2.24) is 9.97 Å². The van der Waals surface area contributed by atoms with Gasteiger partial charge in [0.25, 0.3) is 5.88 Å². The highest BCUT2D eigenvalue weighted by atomic mass is 16.6. The van der Waals surface area contributed by atoms with Gasteiger partial charge in [-0.3, -0.25) is 14.9 Å². The number of hydrogen-bond acceptors (Lipinski definition) is 8. The van der Waals surface area contributed by atoms with Crippen molar-refractivity contribution < 1.29 is 19.2 Å². The highest BCUT2D eigenvalue weighted by Crippen LogP contribution is 2.33. The molecule has 0 bridgehead atoms. The molecule has 0 N–H and O–H groups in total. The zero-order valence-electron chi connectivity index (χ0n) is 11.5. The second kappa shape index (κ2) is 7.22. The van der Waals surface area contributed by atoms with Gasteiger partial charge >= 0.3 is 11.7 Å². The summed E-state index contributed by atoms with van der Waals surface area (Å²) in [5, 5.41) is 11.2. The lowest BCUT2D eigenvalue weighted by Crippen LogP contribution is -2.32. The third kappa shape index (κ3) is 3.53. The minimum Gasteiger partial charge on any atom is -0.476 e. The Morgan fingerprint density at radius 2 is 2.15 bits per heavy atom. The summed E-state index contributed by atoms with van der Waals surface area (Å²) in [6.45, 7) is 2.16. The van der Waals surface area contributed by atoms with Gasteiger partial charge in [0, 0.05) is 6.54 Å². The van der Waals surface area contributed by atoms with Crippen molar-refractivity contribution in [2.45, 2.75) is 13.3 Å². The third-order valence-electron chi connectivity index (χ3n) is 2.49. The summed E-state index contributed by atoms with van der Waals surface area (Å²) in [6.07, 6.45) is 1.83. The van der Waals surface area contributed by atoms with E-state index in [1.807, 2.05) is 6.92 Å². The van der Waals surface area contributed by atoms with Gasteiger partial charge in [0.2, 0.25) is 5.82 Å². The Balaban J connectivity index is 3.24. The first-order valence-electron chi connectivity index (χ1n) is 5.90. The van der Waals surface area contributed by atoms with Gasteiger partial charge in [0.15, 0.2) is 0 Å². The Kier molecular flexibility index (Phi) is 5.63. The maximum Gasteiger partial charge on any atom is 0.372 e. The molecule has 0 aliphatic heterocycles. The molecule has 0 amide bonds. The number of carbonyl (C=O) groups excluding carboxylic acids is 1. The molecule has 0 aliphatic rings. The molecule has 1 heterocycles. The zero-order valence-corrected chi connectivity index (χ0v) is 11.5. The lowest BCUT2D eigenvalue weighted by Gasteiger charge is -2.21. The largest absolute Gasteiger partial charge is 0.476 e. The quantitative estimate of drug-likeness (QED) is 0.410. The smallest absolute Gasteiger partial charge is 0.372 e. The average molecular weight is 284 g/mol. The normalized spacial score (nSPS) is 9.95. The van der Waals surface area contributed by atoms with Gasteiger partial charge in [0.1, 0.15) is 12.9 Å². The Bertz CT molecular complexity index is 494. The number of anilines is 1. The maximum absolute atomic E-state index is 11.4. The van der Waals surface area contributed by atoms with Crippen LogP contribution in [0.25, 0.3) is 0 Å². The van der Waals surface area contributed by atoms with Crippen molar-refractivity contribution in [3.8, 4) is 5.88 Å². The molecule has 0 fully saturated rings. The van der Waals surface area contributed by atoms with Crippen LogP contribution >= 0.6 is 0 Å². The number of rotatable bonds is 7. The van der Waals surface area contributed by atoms with Crippen molar-refractivity contribution in [3.05, 3.63) is 16.4 Å². The molecule has 9 nitrogen and oxygen atoms in total. The standard InChI is InChI=1S/C11H16N4O5/c1-4-5-14(6-8(16)19-2)10-9(15(17)18)11(20-3)13-7-12-10/h7H,4-6H2,1-3H3. The van der Waals surface area contributed by atoms with Gasteiger partial charge in [-0.25, -0.2) is 4.98 Å². The molecular weight excluding hydrogens is 268 g/mol. The SMILES string of the molecule is CCCN(CC(=O)OC)c1ncnc(OC)c1[N+](=O)[O-]. The molecule has 0 saturated heterocycles. The van der Waals surface area contributed by atoms with E-state index in [1.165, 1.54) is 19.1 Å². The van der Waals surface area contributed by atoms with E-state index in [1.54, 1.807) is 0 Å². The van der Waals surface area contributed by atoms with Gasteiger partial charge in [-0.1, -0.05) is 6.92 Å². The molecule has 1 aromatic rings. The molecule has 0 saturated carbocycles. The van der Waals surface area contributed by atoms with E-state index in [0.717, 1.165) is 6.33 Å². The molecule has 0 aliphatic carbocycles.